The summed E-state index contributed by atoms with van der Waals surface area (Å²) in [5, 5.41) is 4.96. The van der Waals surface area contributed by atoms with Crippen LogP contribution in [0.15, 0.2) is 188 Å². The number of rotatable bonds is 5. The molecule has 0 saturated heterocycles. The molecule has 1 aliphatic carbocycles. The SMILES string of the molecule is c1ccc(-c2nc(-c3ccccc3)nc(-c3ccc4sc5ccc(C6(c7ccccc7)c7ccccc7-c7ccc8ccccc8c76)cc5c4c3)n2)cc1. The average molecular weight is 706 g/mol. The van der Waals surface area contributed by atoms with Crippen molar-refractivity contribution in [2.75, 3.05) is 0 Å². The van der Waals surface area contributed by atoms with Crippen molar-refractivity contribution in [3.05, 3.63) is 210 Å². The van der Waals surface area contributed by atoms with Crippen LogP contribution in [-0.2, 0) is 5.41 Å². The first-order valence-corrected chi connectivity index (χ1v) is 19.1. The maximum atomic E-state index is 5.06. The van der Waals surface area contributed by atoms with E-state index in [4.69, 9.17) is 15.0 Å². The van der Waals surface area contributed by atoms with Crippen molar-refractivity contribution in [1.82, 2.24) is 15.0 Å². The molecule has 2 aromatic heterocycles. The van der Waals surface area contributed by atoms with E-state index in [-0.39, 0.29) is 0 Å². The van der Waals surface area contributed by atoms with E-state index >= 15 is 0 Å². The Morgan fingerprint density at radius 3 is 1.67 bits per heavy atom. The number of aromatic nitrogens is 3. The lowest BCUT2D eigenvalue weighted by Gasteiger charge is -2.34. The molecule has 8 aromatic carbocycles. The molecular formula is C50H31N3S. The third-order valence-electron chi connectivity index (χ3n) is 11.0. The number of nitrogens with zero attached hydrogens (tertiary/aromatic N) is 3. The van der Waals surface area contributed by atoms with Crippen molar-refractivity contribution in [3.8, 4) is 45.3 Å². The van der Waals surface area contributed by atoms with Crippen LogP contribution in [0.25, 0.3) is 76.2 Å². The predicted molar refractivity (Wildman–Crippen MR) is 224 cm³/mol. The van der Waals surface area contributed by atoms with Gasteiger partial charge in [-0.2, -0.15) is 0 Å². The fraction of sp³-hybridized carbons (Fsp3) is 0.0200. The van der Waals surface area contributed by atoms with Crippen LogP contribution in [-0.4, -0.2) is 15.0 Å². The fourth-order valence-corrected chi connectivity index (χ4v) is 9.69. The normalized spacial score (nSPS) is 14.7. The molecule has 2 heterocycles. The zero-order chi connectivity index (χ0) is 35.6. The highest BCUT2D eigenvalue weighted by Gasteiger charge is 2.47. The Hall–Kier alpha value is -6.75. The van der Waals surface area contributed by atoms with Gasteiger partial charge < -0.3 is 0 Å². The number of thiophene rings is 1. The predicted octanol–water partition coefficient (Wildman–Crippen LogP) is 12.8. The Bertz CT molecular complexity index is 2990. The molecule has 1 aliphatic rings. The molecule has 0 radical (unpaired) electrons. The lowest BCUT2D eigenvalue weighted by molar-refractivity contribution is 0.777. The molecule has 10 aromatic rings. The molecule has 4 heteroatoms. The van der Waals surface area contributed by atoms with Crippen molar-refractivity contribution in [3.63, 3.8) is 0 Å². The molecule has 11 rings (SSSR count). The fourth-order valence-electron chi connectivity index (χ4n) is 8.62. The van der Waals surface area contributed by atoms with E-state index in [9.17, 15) is 0 Å². The molecular weight excluding hydrogens is 675 g/mol. The minimum atomic E-state index is -0.516. The van der Waals surface area contributed by atoms with E-state index in [0.29, 0.717) is 17.5 Å². The van der Waals surface area contributed by atoms with E-state index in [1.165, 1.54) is 64.3 Å². The second kappa shape index (κ2) is 12.2. The van der Waals surface area contributed by atoms with E-state index in [1.54, 1.807) is 0 Å². The van der Waals surface area contributed by atoms with Crippen molar-refractivity contribution in [1.29, 1.82) is 0 Å². The molecule has 0 spiro atoms. The van der Waals surface area contributed by atoms with Gasteiger partial charge in [-0.05, 0) is 74.5 Å². The Morgan fingerprint density at radius 2 is 0.944 bits per heavy atom. The third-order valence-corrected chi connectivity index (χ3v) is 12.1. The number of fused-ring (bicyclic) bond motifs is 8. The van der Waals surface area contributed by atoms with Gasteiger partial charge in [-0.15, -0.1) is 11.3 Å². The van der Waals surface area contributed by atoms with Gasteiger partial charge in [0, 0.05) is 36.9 Å². The molecule has 3 nitrogen and oxygen atoms in total. The summed E-state index contributed by atoms with van der Waals surface area (Å²) in [5.74, 6) is 1.98. The van der Waals surface area contributed by atoms with E-state index in [0.717, 1.165) is 16.7 Å². The summed E-state index contributed by atoms with van der Waals surface area (Å²) in [4.78, 5) is 15.1. The topological polar surface area (TPSA) is 38.7 Å². The van der Waals surface area contributed by atoms with Gasteiger partial charge in [0.1, 0.15) is 0 Å². The Labute approximate surface area is 316 Å². The van der Waals surface area contributed by atoms with E-state index < -0.39 is 5.41 Å². The number of hydrogen-bond acceptors (Lipinski definition) is 4. The van der Waals surface area contributed by atoms with Gasteiger partial charge in [-0.25, -0.2) is 15.0 Å². The summed E-state index contributed by atoms with van der Waals surface area (Å²) in [6.45, 7) is 0. The highest BCUT2D eigenvalue weighted by Crippen LogP contribution is 2.58. The second-order valence-electron chi connectivity index (χ2n) is 13.9. The van der Waals surface area contributed by atoms with Gasteiger partial charge in [-0.3, -0.25) is 0 Å². The largest absolute Gasteiger partial charge is 0.208 e. The Kier molecular flexibility index (Phi) is 6.94. The standard InChI is InChI=1S/C50H31N3S/c1-4-15-33(16-5-1)47-51-48(34-17-6-2-7-18-34)53-49(52-47)35-25-28-44-41(30-35)42-31-37(26-29-45(42)54-44)50(36-19-8-3-9-20-36)43-23-13-12-22-39(43)40-27-24-32-14-10-11-21-38(32)46(40)50/h1-31H. The molecule has 1 unspecified atom stereocenters. The first kappa shape index (κ1) is 30.8. The monoisotopic (exact) mass is 705 g/mol. The van der Waals surface area contributed by atoms with Crippen LogP contribution in [0.2, 0.25) is 0 Å². The molecule has 0 bridgehead atoms. The van der Waals surface area contributed by atoms with E-state index in [1.807, 2.05) is 47.7 Å². The molecule has 1 atom stereocenters. The molecule has 0 fully saturated rings. The van der Waals surface area contributed by atoms with Crippen molar-refractivity contribution in [2.45, 2.75) is 5.41 Å². The Morgan fingerprint density at radius 1 is 0.370 bits per heavy atom. The highest BCUT2D eigenvalue weighted by atomic mass is 32.1. The summed E-state index contributed by atoms with van der Waals surface area (Å²) in [7, 11) is 0. The number of hydrogen-bond donors (Lipinski definition) is 0. The maximum Gasteiger partial charge on any atom is 0.164 e. The molecule has 0 N–H and O–H groups in total. The van der Waals surface area contributed by atoms with Crippen molar-refractivity contribution in [2.24, 2.45) is 0 Å². The van der Waals surface area contributed by atoms with Gasteiger partial charge in [0.15, 0.2) is 17.5 Å². The van der Waals surface area contributed by atoms with Crippen LogP contribution >= 0.6 is 11.3 Å². The van der Waals surface area contributed by atoms with Crippen LogP contribution in [0.4, 0.5) is 0 Å². The summed E-state index contributed by atoms with van der Waals surface area (Å²) < 4.78 is 2.49. The second-order valence-corrected chi connectivity index (χ2v) is 15.0. The van der Waals surface area contributed by atoms with Gasteiger partial charge in [0.05, 0.1) is 5.41 Å². The first-order chi connectivity index (χ1) is 26.8. The van der Waals surface area contributed by atoms with Crippen LogP contribution in [0.1, 0.15) is 22.3 Å². The van der Waals surface area contributed by atoms with Gasteiger partial charge >= 0.3 is 0 Å². The Balaban J connectivity index is 1.16. The minimum absolute atomic E-state index is 0.516. The summed E-state index contributed by atoms with van der Waals surface area (Å²) in [6, 6.07) is 67.6. The smallest absolute Gasteiger partial charge is 0.164 e. The van der Waals surface area contributed by atoms with Gasteiger partial charge in [0.25, 0.3) is 0 Å². The summed E-state index contributed by atoms with van der Waals surface area (Å²) >= 11 is 1.83. The number of benzene rings is 8. The first-order valence-electron chi connectivity index (χ1n) is 18.3. The maximum absolute atomic E-state index is 5.06. The molecule has 0 saturated carbocycles. The van der Waals surface area contributed by atoms with Crippen molar-refractivity contribution < 1.29 is 0 Å². The minimum Gasteiger partial charge on any atom is -0.208 e. The summed E-state index contributed by atoms with van der Waals surface area (Å²) in [5.41, 5.74) is 10.1. The lowest BCUT2D eigenvalue weighted by Crippen LogP contribution is -2.28. The van der Waals surface area contributed by atoms with Crippen LogP contribution in [0, 0.1) is 0 Å². The lowest BCUT2D eigenvalue weighted by atomic mass is 9.66. The molecule has 0 amide bonds. The molecule has 252 valence electrons. The van der Waals surface area contributed by atoms with Crippen molar-refractivity contribution >= 4 is 42.3 Å². The highest BCUT2D eigenvalue weighted by molar-refractivity contribution is 7.25. The van der Waals surface area contributed by atoms with Crippen LogP contribution < -0.4 is 0 Å². The third kappa shape index (κ3) is 4.64. The zero-order valence-electron chi connectivity index (χ0n) is 29.1. The summed E-state index contributed by atoms with van der Waals surface area (Å²) in [6.07, 6.45) is 0. The van der Waals surface area contributed by atoms with Gasteiger partial charge in [-0.1, -0.05) is 158 Å². The molecule has 54 heavy (non-hydrogen) atoms. The zero-order valence-corrected chi connectivity index (χ0v) is 30.0. The van der Waals surface area contributed by atoms with Crippen LogP contribution in [0.5, 0.6) is 0 Å². The quantitative estimate of drug-likeness (QED) is 0.179. The van der Waals surface area contributed by atoms with Gasteiger partial charge in [0.2, 0.25) is 0 Å². The van der Waals surface area contributed by atoms with E-state index in [2.05, 4.69) is 152 Å². The average Bonchev–Trinajstić information content (AvgIpc) is 3.78. The molecule has 0 aliphatic heterocycles. The van der Waals surface area contributed by atoms with Crippen LogP contribution in [0.3, 0.4) is 0 Å².